The number of ether oxygens (including phenoxy) is 1. The van der Waals surface area contributed by atoms with E-state index in [2.05, 4.69) is 15.6 Å². The molecule has 0 unspecified atom stereocenters. The molecule has 126 valence electrons. The molecule has 24 heavy (non-hydrogen) atoms. The van der Waals surface area contributed by atoms with Gasteiger partial charge in [-0.2, -0.15) is 5.10 Å². The third-order valence-electron chi connectivity index (χ3n) is 3.53. The number of nitrogens with one attached hydrogen (secondary N) is 1. The highest BCUT2D eigenvalue weighted by Gasteiger charge is 2.16. The first kappa shape index (κ1) is 16.3. The Bertz CT molecular complexity index is 830. The van der Waals surface area contributed by atoms with E-state index < -0.39 is 0 Å². The normalized spacial score (nSPS) is 10.8. The minimum atomic E-state index is -0.203. The summed E-state index contributed by atoms with van der Waals surface area (Å²) < 4.78 is 12.3. The molecule has 3 heterocycles. The molecule has 0 bridgehead atoms. The van der Waals surface area contributed by atoms with Gasteiger partial charge in [-0.15, -0.1) is 11.3 Å². The van der Waals surface area contributed by atoms with Crippen LogP contribution in [0.5, 0.6) is 5.75 Å². The maximum Gasteiger partial charge on any atom is 0.269 e. The monoisotopic (exact) mass is 346 g/mol. The molecule has 0 atom stereocenters. The first-order chi connectivity index (χ1) is 11.6. The van der Waals surface area contributed by atoms with Crippen molar-refractivity contribution in [3.63, 3.8) is 0 Å². The fourth-order valence-electron chi connectivity index (χ4n) is 2.32. The van der Waals surface area contributed by atoms with Crippen LogP contribution >= 0.6 is 11.3 Å². The minimum absolute atomic E-state index is 0.203. The van der Waals surface area contributed by atoms with Crippen molar-refractivity contribution < 1.29 is 14.1 Å². The van der Waals surface area contributed by atoms with Crippen molar-refractivity contribution in [3.05, 3.63) is 45.7 Å². The van der Waals surface area contributed by atoms with Crippen molar-refractivity contribution in [1.29, 1.82) is 0 Å². The fraction of sp³-hybridized carbons (Fsp3) is 0.312. The van der Waals surface area contributed by atoms with E-state index >= 15 is 0 Å². The van der Waals surface area contributed by atoms with Crippen LogP contribution in [-0.2, 0) is 6.54 Å². The number of rotatable bonds is 6. The van der Waals surface area contributed by atoms with Gasteiger partial charge in [-0.25, -0.2) is 0 Å². The molecule has 0 radical (unpaired) electrons. The van der Waals surface area contributed by atoms with Crippen molar-refractivity contribution in [2.45, 2.75) is 27.3 Å². The standard InChI is InChI=1S/C16H18N4O3S/c1-4-22-14-5-6-24-15(14)16(21)18-12-7-17-20(8-12)9-13-10(2)19-23-11(13)3/h5-8H,4,9H2,1-3H3,(H,18,21). The van der Waals surface area contributed by atoms with Gasteiger partial charge >= 0.3 is 0 Å². The van der Waals surface area contributed by atoms with Gasteiger partial charge < -0.3 is 14.6 Å². The van der Waals surface area contributed by atoms with Crippen molar-refractivity contribution in [1.82, 2.24) is 14.9 Å². The number of hydrogen-bond donors (Lipinski definition) is 1. The first-order valence-electron chi connectivity index (χ1n) is 7.54. The van der Waals surface area contributed by atoms with Crippen molar-refractivity contribution in [3.8, 4) is 5.75 Å². The van der Waals surface area contributed by atoms with Crippen LogP contribution in [-0.4, -0.2) is 27.5 Å². The summed E-state index contributed by atoms with van der Waals surface area (Å²) in [5.74, 6) is 1.17. The lowest BCUT2D eigenvalue weighted by molar-refractivity contribution is 0.102. The molecule has 3 rings (SSSR count). The van der Waals surface area contributed by atoms with Gasteiger partial charge in [0.1, 0.15) is 16.4 Å². The molecule has 0 aromatic carbocycles. The van der Waals surface area contributed by atoms with E-state index in [-0.39, 0.29) is 5.91 Å². The van der Waals surface area contributed by atoms with Gasteiger partial charge in [0.15, 0.2) is 0 Å². The molecule has 0 saturated carbocycles. The number of carbonyl (C=O) groups is 1. The van der Waals surface area contributed by atoms with Crippen LogP contribution in [0.1, 0.15) is 33.6 Å². The summed E-state index contributed by atoms with van der Waals surface area (Å²) in [4.78, 5) is 12.9. The second kappa shape index (κ2) is 6.88. The molecule has 8 heteroatoms. The van der Waals surface area contributed by atoms with Crippen LogP contribution in [0, 0.1) is 13.8 Å². The van der Waals surface area contributed by atoms with E-state index in [1.54, 1.807) is 23.1 Å². The fourth-order valence-corrected chi connectivity index (χ4v) is 3.05. The zero-order valence-corrected chi connectivity index (χ0v) is 14.5. The Morgan fingerprint density at radius 2 is 2.29 bits per heavy atom. The summed E-state index contributed by atoms with van der Waals surface area (Å²) in [5.41, 5.74) is 2.46. The number of carbonyl (C=O) groups excluding carboxylic acids is 1. The van der Waals surface area contributed by atoms with Gasteiger partial charge in [0, 0.05) is 11.8 Å². The molecule has 3 aromatic heterocycles. The maximum atomic E-state index is 12.4. The highest BCUT2D eigenvalue weighted by Crippen LogP contribution is 2.26. The molecule has 7 nitrogen and oxygen atoms in total. The van der Waals surface area contributed by atoms with Gasteiger partial charge in [0.05, 0.1) is 30.7 Å². The molecule has 1 amide bonds. The quantitative estimate of drug-likeness (QED) is 0.741. The number of aromatic nitrogens is 3. The second-order valence-corrected chi connectivity index (χ2v) is 6.15. The van der Waals surface area contributed by atoms with Crippen LogP contribution in [0.15, 0.2) is 28.4 Å². The average molecular weight is 346 g/mol. The van der Waals surface area contributed by atoms with E-state index in [9.17, 15) is 4.79 Å². The molecule has 0 aliphatic rings. The predicted molar refractivity (Wildman–Crippen MR) is 90.7 cm³/mol. The topological polar surface area (TPSA) is 82.2 Å². The Morgan fingerprint density at radius 3 is 3.00 bits per heavy atom. The molecule has 0 spiro atoms. The molecule has 3 aromatic rings. The summed E-state index contributed by atoms with van der Waals surface area (Å²) in [6.07, 6.45) is 3.39. The highest BCUT2D eigenvalue weighted by atomic mass is 32.1. The first-order valence-corrected chi connectivity index (χ1v) is 8.42. The SMILES string of the molecule is CCOc1ccsc1C(=O)Nc1cnn(Cc2c(C)noc2C)c1. The van der Waals surface area contributed by atoms with E-state index in [0.717, 1.165) is 17.0 Å². The Kier molecular flexibility index (Phi) is 4.66. The number of anilines is 1. The number of nitrogens with zero attached hydrogens (tertiary/aromatic N) is 3. The molecule has 1 N–H and O–H groups in total. The number of aryl methyl sites for hydroxylation is 2. The smallest absolute Gasteiger partial charge is 0.269 e. The average Bonchev–Trinajstić information content (AvgIpc) is 3.25. The molecule has 0 fully saturated rings. The van der Waals surface area contributed by atoms with Gasteiger partial charge in [0.2, 0.25) is 0 Å². The summed E-state index contributed by atoms with van der Waals surface area (Å²) >= 11 is 1.35. The van der Waals surface area contributed by atoms with Gasteiger partial charge in [-0.05, 0) is 32.2 Å². The molecular weight excluding hydrogens is 328 g/mol. The lowest BCUT2D eigenvalue weighted by Gasteiger charge is -2.04. The molecule has 0 aliphatic heterocycles. The van der Waals surface area contributed by atoms with E-state index in [4.69, 9.17) is 9.26 Å². The van der Waals surface area contributed by atoms with E-state index in [1.165, 1.54) is 11.3 Å². The highest BCUT2D eigenvalue weighted by molar-refractivity contribution is 7.12. The molecular formula is C16H18N4O3S. The van der Waals surface area contributed by atoms with E-state index in [1.807, 2.05) is 26.2 Å². The summed E-state index contributed by atoms with van der Waals surface area (Å²) in [6, 6.07) is 1.80. The van der Waals surface area contributed by atoms with Gasteiger partial charge in [-0.1, -0.05) is 5.16 Å². The molecule has 0 aliphatic carbocycles. The maximum absolute atomic E-state index is 12.4. The van der Waals surface area contributed by atoms with Crippen LogP contribution in [0.25, 0.3) is 0 Å². The zero-order chi connectivity index (χ0) is 17.1. The Labute approximate surface area is 143 Å². The molecule has 0 saturated heterocycles. The number of thiophene rings is 1. The van der Waals surface area contributed by atoms with Gasteiger partial charge in [0.25, 0.3) is 5.91 Å². The van der Waals surface area contributed by atoms with E-state index in [0.29, 0.717) is 29.5 Å². The summed E-state index contributed by atoms with van der Waals surface area (Å²) in [7, 11) is 0. The predicted octanol–water partition coefficient (Wildman–Crippen LogP) is 3.25. The Balaban J connectivity index is 1.70. The third-order valence-corrected chi connectivity index (χ3v) is 4.42. The lowest BCUT2D eigenvalue weighted by atomic mass is 10.2. The summed E-state index contributed by atoms with van der Waals surface area (Å²) in [6.45, 7) is 6.71. The minimum Gasteiger partial charge on any atom is -0.492 e. The van der Waals surface area contributed by atoms with Crippen LogP contribution in [0.4, 0.5) is 5.69 Å². The van der Waals surface area contributed by atoms with Crippen molar-refractivity contribution >= 4 is 22.9 Å². The number of hydrogen-bond acceptors (Lipinski definition) is 6. The lowest BCUT2D eigenvalue weighted by Crippen LogP contribution is -2.11. The third kappa shape index (κ3) is 3.33. The number of amides is 1. The van der Waals surface area contributed by atoms with Gasteiger partial charge in [-0.3, -0.25) is 9.48 Å². The largest absolute Gasteiger partial charge is 0.492 e. The van der Waals surface area contributed by atoms with Crippen molar-refractivity contribution in [2.75, 3.05) is 11.9 Å². The second-order valence-electron chi connectivity index (χ2n) is 5.23. The zero-order valence-electron chi connectivity index (χ0n) is 13.7. The van der Waals surface area contributed by atoms with Crippen LogP contribution in [0.3, 0.4) is 0 Å². The summed E-state index contributed by atoms with van der Waals surface area (Å²) in [5, 5.41) is 12.9. The van der Waals surface area contributed by atoms with Crippen LogP contribution < -0.4 is 10.1 Å². The Hall–Kier alpha value is -2.61. The van der Waals surface area contributed by atoms with Crippen molar-refractivity contribution in [2.24, 2.45) is 0 Å². The Morgan fingerprint density at radius 1 is 1.46 bits per heavy atom. The van der Waals surface area contributed by atoms with Crippen LogP contribution in [0.2, 0.25) is 0 Å².